The molecule has 1 aromatic heterocycles. The zero-order valence-electron chi connectivity index (χ0n) is 42.5. The molecule has 3 aromatic carbocycles. The van der Waals surface area contributed by atoms with Gasteiger partial charge in [-0.25, -0.2) is 9.59 Å². The highest BCUT2D eigenvalue weighted by Crippen LogP contribution is 2.19. The quantitative estimate of drug-likeness (QED) is 0.0316. The van der Waals surface area contributed by atoms with Gasteiger partial charge in [0, 0.05) is 23.5 Å². The monoisotopic (exact) mass is 1090 g/mol. The van der Waals surface area contributed by atoms with Crippen molar-refractivity contribution in [3.63, 3.8) is 0 Å². The van der Waals surface area contributed by atoms with Crippen molar-refractivity contribution in [2.24, 2.45) is 57.5 Å². The molecule has 7 atom stereocenters. The van der Waals surface area contributed by atoms with Gasteiger partial charge in [0.25, 0.3) is 0 Å². The van der Waals surface area contributed by atoms with Crippen LogP contribution in [-0.2, 0) is 71.9 Å². The molecule has 27 heteroatoms. The van der Waals surface area contributed by atoms with Gasteiger partial charge in [-0.05, 0) is 66.4 Å². The number of primary amides is 1. The predicted molar refractivity (Wildman–Crippen MR) is 284 cm³/mol. The molecule has 0 aliphatic carbocycles. The van der Waals surface area contributed by atoms with E-state index < -0.39 is 96.0 Å². The Labute approximate surface area is 443 Å². The summed E-state index contributed by atoms with van der Waals surface area (Å²) >= 11 is 1.60. The maximum absolute atomic E-state index is 12.0. The summed E-state index contributed by atoms with van der Waals surface area (Å²) in [6, 6.07) is 20.1. The fourth-order valence-corrected chi connectivity index (χ4v) is 5.86. The molecule has 0 aliphatic rings. The minimum Gasteiger partial charge on any atom is -0.480 e. The van der Waals surface area contributed by atoms with E-state index >= 15 is 0 Å². The second-order valence-electron chi connectivity index (χ2n) is 16.6. The number of aliphatic carboxylic acids is 5. The van der Waals surface area contributed by atoms with Gasteiger partial charge in [0.05, 0.1) is 13.0 Å². The Morgan fingerprint density at radius 3 is 1.39 bits per heavy atom. The van der Waals surface area contributed by atoms with E-state index in [0.717, 1.165) is 33.3 Å². The van der Waals surface area contributed by atoms with Crippen LogP contribution in [0.1, 0.15) is 49.8 Å². The summed E-state index contributed by atoms with van der Waals surface area (Å²) in [5.74, 6) is -7.05. The van der Waals surface area contributed by atoms with E-state index in [2.05, 4.69) is 15.5 Å². The van der Waals surface area contributed by atoms with Crippen LogP contribution in [0.25, 0.3) is 10.9 Å². The minimum absolute atomic E-state index is 0.243. The minimum atomic E-state index is -1.21. The van der Waals surface area contributed by atoms with Crippen molar-refractivity contribution in [1.82, 2.24) is 4.98 Å². The van der Waals surface area contributed by atoms with Gasteiger partial charge in [-0.2, -0.15) is 11.8 Å². The zero-order chi connectivity index (χ0) is 58.5. The Kier molecular flexibility index (Phi) is 37.3. The fourth-order valence-electron chi connectivity index (χ4n) is 5.37. The number of para-hydroxylation sites is 1. The molecule has 1 amide bonds. The molecule has 0 saturated heterocycles. The van der Waals surface area contributed by atoms with Crippen LogP contribution in [0, 0.1) is 5.92 Å². The molecule has 76 heavy (non-hydrogen) atoms. The van der Waals surface area contributed by atoms with Gasteiger partial charge in [0.1, 0.15) is 48.9 Å². The molecule has 26 nitrogen and oxygen atoms in total. The second-order valence-corrected chi connectivity index (χ2v) is 17.6. The van der Waals surface area contributed by atoms with Crippen molar-refractivity contribution >= 4 is 76.3 Å². The number of thioether (sulfide) groups is 1. The van der Waals surface area contributed by atoms with Crippen molar-refractivity contribution < 1.29 is 78.2 Å². The molecule has 422 valence electrons. The van der Waals surface area contributed by atoms with E-state index in [0.29, 0.717) is 25.7 Å². The van der Waals surface area contributed by atoms with Crippen LogP contribution >= 0.6 is 11.8 Å². The average Bonchev–Trinajstić information content (AvgIpc) is 3.77. The number of carboxylic acids is 5. The average molecular weight is 1090 g/mol. The molecular weight excluding hydrogens is 1020 g/mol. The molecule has 0 saturated carbocycles. The number of hydrogen-bond donors (Lipinski definition) is 15. The number of carboxylic acid groups (broad SMARTS) is 5. The van der Waals surface area contributed by atoms with Crippen molar-refractivity contribution in [1.29, 1.82) is 0 Å². The number of carbonyl (C=O) groups is 9. The number of carbonyl (C=O) groups excluding carboxylic acids is 4. The van der Waals surface area contributed by atoms with Gasteiger partial charge >= 0.3 is 47.8 Å². The van der Waals surface area contributed by atoms with Gasteiger partial charge in [0.2, 0.25) is 5.91 Å². The topological polar surface area (TPSA) is 523 Å². The summed E-state index contributed by atoms with van der Waals surface area (Å²) in [6.07, 6.45) is 5.50. The summed E-state index contributed by atoms with van der Waals surface area (Å²) in [5, 5.41) is 42.6. The van der Waals surface area contributed by atoms with Crippen LogP contribution in [0.4, 0.5) is 0 Å². The van der Waals surface area contributed by atoms with Crippen molar-refractivity contribution in [2.75, 3.05) is 25.2 Å². The summed E-state index contributed by atoms with van der Waals surface area (Å²) in [4.78, 5) is 98.0. The summed E-state index contributed by atoms with van der Waals surface area (Å²) in [5.41, 5.74) is 50.7. The lowest BCUT2D eigenvalue weighted by Crippen LogP contribution is -2.41. The van der Waals surface area contributed by atoms with E-state index in [9.17, 15) is 43.2 Å². The molecule has 0 fully saturated rings. The first kappa shape index (κ1) is 70.7. The molecule has 4 aromatic rings. The lowest BCUT2D eigenvalue weighted by Gasteiger charge is -2.14. The highest BCUT2D eigenvalue weighted by Gasteiger charge is 2.25. The number of ether oxygens (including phenoxy) is 2. The number of benzene rings is 3. The Morgan fingerprint density at radius 1 is 0.566 bits per heavy atom. The molecule has 0 aliphatic heterocycles. The molecule has 24 N–H and O–H groups in total. The van der Waals surface area contributed by atoms with Gasteiger partial charge in [-0.15, -0.1) is 0 Å². The maximum Gasteiger partial charge on any atom is 0.330 e. The third kappa shape index (κ3) is 34.2. The van der Waals surface area contributed by atoms with Crippen LogP contribution in [-0.4, -0.2) is 152 Å². The number of nitrogens with one attached hydrogen (secondary N) is 1. The first-order valence-corrected chi connectivity index (χ1v) is 24.4. The standard InChI is InChI=1S/C17H23N3O3.2C9H11NO2.C5H10N2O4.C5H11NO2S.C4H8N2O3/c1-10(2)7-13(18)16(21)23-17(22)14(19)8-11-9-20-15-6-4-3-5-12(11)15;2*10-8(9(11)12)6-7-4-2-1-3-5-7;6-1-4(8)11-2-3(7)5(9)10;1-9-3-2-4(6)5(7)8;5-2(4(8)9)1-3(6)7/h3-6,9-10,13-14,20H,7-8,18-19H2,1-2H3;2*1-5,8H,6,10H2,(H,11,12);3H,1-2,6-7H2,(H,9,10);4H,2-3,6H2,1H3,(H,7,8);2H,1,5H2,(H2,6,7)(H,8,9)/t13-,14-;2*8-;3-;4-;2-/m000000/s1. The molecule has 1 heterocycles. The van der Waals surface area contributed by atoms with Crippen molar-refractivity contribution in [3.05, 3.63) is 108 Å². The second kappa shape index (κ2) is 40.0. The van der Waals surface area contributed by atoms with E-state index in [4.69, 9.17) is 76.1 Å². The number of aromatic amines is 1. The summed E-state index contributed by atoms with van der Waals surface area (Å²) in [6.45, 7) is 3.27. The smallest absolute Gasteiger partial charge is 0.330 e. The van der Waals surface area contributed by atoms with Crippen LogP contribution in [0.5, 0.6) is 0 Å². The summed E-state index contributed by atoms with van der Waals surface area (Å²) < 4.78 is 9.14. The maximum atomic E-state index is 12.0. The van der Waals surface area contributed by atoms with E-state index in [1.54, 1.807) is 11.8 Å². The molecule has 0 bridgehead atoms. The molecular formula is C49H74N10O16S. The largest absolute Gasteiger partial charge is 0.480 e. The highest BCUT2D eigenvalue weighted by molar-refractivity contribution is 7.98. The van der Waals surface area contributed by atoms with Crippen LogP contribution in [0.15, 0.2) is 91.1 Å². The van der Waals surface area contributed by atoms with Gasteiger partial charge in [-0.3, -0.25) is 33.6 Å². The number of hydrogen-bond acceptors (Lipinski definition) is 20. The highest BCUT2D eigenvalue weighted by atomic mass is 32.2. The third-order valence-corrected chi connectivity index (χ3v) is 10.1. The molecule has 0 unspecified atom stereocenters. The van der Waals surface area contributed by atoms with Crippen LogP contribution < -0.4 is 51.6 Å². The first-order valence-electron chi connectivity index (χ1n) is 23.0. The number of nitrogens with two attached hydrogens (primary N) is 9. The Bertz CT molecular complexity index is 2320. The predicted octanol–water partition coefficient (Wildman–Crippen LogP) is -0.912. The molecule has 0 spiro atoms. The van der Waals surface area contributed by atoms with Crippen molar-refractivity contribution in [2.45, 2.75) is 94.7 Å². The number of esters is 3. The Hall–Kier alpha value is -7.34. The van der Waals surface area contributed by atoms with Crippen molar-refractivity contribution in [3.8, 4) is 0 Å². The van der Waals surface area contributed by atoms with Gasteiger partial charge in [0.15, 0.2) is 0 Å². The zero-order valence-corrected chi connectivity index (χ0v) is 43.3. The Balaban J connectivity index is 0. The molecule has 4 rings (SSSR count). The lowest BCUT2D eigenvalue weighted by molar-refractivity contribution is -0.162. The number of amides is 1. The summed E-state index contributed by atoms with van der Waals surface area (Å²) in [7, 11) is 0. The third-order valence-electron chi connectivity index (χ3n) is 9.47. The number of aromatic nitrogens is 1. The SMILES string of the molecule is CC(C)C[C@H](N)C(=O)OC(=O)[C@@H](N)Cc1c[nH]c2ccccc12.CSCC[C@H](N)C(=O)O.NC(=O)C[C@H](N)C(=O)O.NCC(=O)OC[C@H](N)C(=O)O.N[C@@H](Cc1ccccc1)C(=O)O.N[C@@H](Cc1ccccc1)C(=O)O. The fraction of sp³-hybridized carbons (Fsp3) is 0.408. The molecule has 0 radical (unpaired) electrons. The van der Waals surface area contributed by atoms with E-state index in [1.807, 2.05) is 111 Å². The van der Waals surface area contributed by atoms with E-state index in [-0.39, 0.29) is 31.9 Å². The van der Waals surface area contributed by atoms with E-state index in [1.165, 1.54) is 0 Å². The van der Waals surface area contributed by atoms with Crippen LogP contribution in [0.3, 0.4) is 0 Å². The Morgan fingerprint density at radius 2 is 1.00 bits per heavy atom. The number of fused-ring (bicyclic) bond motifs is 1. The van der Waals surface area contributed by atoms with Crippen LogP contribution in [0.2, 0.25) is 0 Å². The normalized spacial score (nSPS) is 12.9. The van der Waals surface area contributed by atoms with Gasteiger partial charge < -0.3 is 91.6 Å². The number of rotatable bonds is 23. The lowest BCUT2D eigenvalue weighted by atomic mass is 10.0. The van der Waals surface area contributed by atoms with Gasteiger partial charge in [-0.1, -0.05) is 92.7 Å². The first-order chi connectivity index (χ1) is 35.6. The number of H-pyrrole nitrogens is 1.